The summed E-state index contributed by atoms with van der Waals surface area (Å²) >= 11 is 1.85. The smallest absolute Gasteiger partial charge is 0.223 e. The van der Waals surface area contributed by atoms with E-state index in [9.17, 15) is 0 Å². The number of hydrogen-bond donors (Lipinski definition) is 1. The Morgan fingerprint density at radius 3 is 2.81 bits per heavy atom. The Balaban J connectivity index is 2.25. The minimum atomic E-state index is -0.0402. The minimum absolute atomic E-state index is 0.0402. The number of nitrogen functional groups attached to an aromatic ring is 1. The first kappa shape index (κ1) is 11.6. The second-order valence-corrected chi connectivity index (χ2v) is 5.15. The Morgan fingerprint density at radius 2 is 2.19 bits per heavy atom. The third kappa shape index (κ3) is 2.62. The fraction of sp³-hybridized carbons (Fsp3) is 0.700. The lowest BCUT2D eigenvalue weighted by molar-refractivity contribution is 0.0691. The number of nitrogens with zero attached hydrogens (tertiary/aromatic N) is 3. The highest BCUT2D eigenvalue weighted by Crippen LogP contribution is 2.25. The minimum Gasteiger partial charge on any atom is -0.368 e. The zero-order valence-corrected chi connectivity index (χ0v) is 10.3. The summed E-state index contributed by atoms with van der Waals surface area (Å²) in [5.41, 5.74) is 5.68. The van der Waals surface area contributed by atoms with Gasteiger partial charge in [0.1, 0.15) is 11.9 Å². The van der Waals surface area contributed by atoms with Crippen molar-refractivity contribution in [2.24, 2.45) is 0 Å². The van der Waals surface area contributed by atoms with Crippen molar-refractivity contribution in [3.63, 3.8) is 0 Å². The summed E-state index contributed by atoms with van der Waals surface area (Å²) in [7, 11) is 0. The Bertz CT molecular complexity index is 366. The third-order valence-electron chi connectivity index (χ3n) is 2.31. The van der Waals surface area contributed by atoms with Crippen LogP contribution in [0.4, 0.5) is 5.95 Å². The summed E-state index contributed by atoms with van der Waals surface area (Å²) in [4.78, 5) is 12.7. The van der Waals surface area contributed by atoms with Gasteiger partial charge in [-0.1, -0.05) is 13.8 Å². The van der Waals surface area contributed by atoms with E-state index in [1.165, 1.54) is 0 Å². The SMILES string of the molecule is CC(C)c1nc(N)nc(C2CSCCO2)n1. The van der Waals surface area contributed by atoms with Crippen molar-refractivity contribution in [3.8, 4) is 0 Å². The zero-order chi connectivity index (χ0) is 11.5. The molecule has 5 nitrogen and oxygen atoms in total. The molecule has 1 aromatic heterocycles. The Kier molecular flexibility index (Phi) is 3.60. The number of thioether (sulfide) groups is 1. The summed E-state index contributed by atoms with van der Waals surface area (Å²) in [6, 6.07) is 0. The number of nitrogens with two attached hydrogens (primary N) is 1. The Hall–Kier alpha value is -0.880. The molecule has 1 atom stereocenters. The quantitative estimate of drug-likeness (QED) is 0.842. The molecule has 0 amide bonds. The lowest BCUT2D eigenvalue weighted by Crippen LogP contribution is -2.20. The number of aromatic nitrogens is 3. The second kappa shape index (κ2) is 4.97. The Labute approximate surface area is 99.2 Å². The van der Waals surface area contributed by atoms with Crippen molar-refractivity contribution < 1.29 is 4.74 Å². The van der Waals surface area contributed by atoms with E-state index in [0.29, 0.717) is 5.82 Å². The summed E-state index contributed by atoms with van der Waals surface area (Å²) in [6.45, 7) is 4.82. The van der Waals surface area contributed by atoms with E-state index in [2.05, 4.69) is 15.0 Å². The standard InChI is InChI=1S/C10H16N4OS/c1-6(2)8-12-9(14-10(11)13-8)7-5-16-4-3-15-7/h6-7H,3-5H2,1-2H3,(H2,11,12,13,14). The molecule has 0 aromatic carbocycles. The lowest BCUT2D eigenvalue weighted by Gasteiger charge is -2.21. The van der Waals surface area contributed by atoms with E-state index in [0.717, 1.165) is 23.9 Å². The molecule has 6 heteroatoms. The van der Waals surface area contributed by atoms with Crippen LogP contribution in [0.2, 0.25) is 0 Å². The van der Waals surface area contributed by atoms with Gasteiger partial charge in [-0.15, -0.1) is 0 Å². The van der Waals surface area contributed by atoms with Crippen molar-refractivity contribution in [1.29, 1.82) is 0 Å². The van der Waals surface area contributed by atoms with Crippen LogP contribution in [0.25, 0.3) is 0 Å². The molecule has 0 aliphatic carbocycles. The molecule has 2 N–H and O–H groups in total. The summed E-state index contributed by atoms with van der Waals surface area (Å²) in [6.07, 6.45) is -0.0402. The second-order valence-electron chi connectivity index (χ2n) is 4.00. The molecule has 0 bridgehead atoms. The van der Waals surface area contributed by atoms with Gasteiger partial charge in [0.2, 0.25) is 5.95 Å². The highest BCUT2D eigenvalue weighted by Gasteiger charge is 2.21. The van der Waals surface area contributed by atoms with Gasteiger partial charge in [-0.05, 0) is 0 Å². The van der Waals surface area contributed by atoms with E-state index in [1.807, 2.05) is 25.6 Å². The van der Waals surface area contributed by atoms with Crippen LogP contribution in [0.5, 0.6) is 0 Å². The molecule has 1 fully saturated rings. The van der Waals surface area contributed by atoms with Crippen LogP contribution in [-0.4, -0.2) is 33.1 Å². The van der Waals surface area contributed by atoms with Crippen LogP contribution in [0.1, 0.15) is 37.5 Å². The maximum atomic E-state index is 5.68. The predicted molar refractivity (Wildman–Crippen MR) is 64.3 cm³/mol. The van der Waals surface area contributed by atoms with Crippen molar-refractivity contribution in [2.45, 2.75) is 25.9 Å². The molecule has 0 spiro atoms. The number of anilines is 1. The topological polar surface area (TPSA) is 73.9 Å². The molecule has 1 aromatic rings. The summed E-state index contributed by atoms with van der Waals surface area (Å²) in [5.74, 6) is 3.87. The molecule has 2 heterocycles. The van der Waals surface area contributed by atoms with Gasteiger partial charge in [-0.2, -0.15) is 21.7 Å². The largest absolute Gasteiger partial charge is 0.368 e. The number of rotatable bonds is 2. The van der Waals surface area contributed by atoms with E-state index < -0.39 is 0 Å². The fourth-order valence-corrected chi connectivity index (χ4v) is 2.31. The van der Waals surface area contributed by atoms with Crippen LogP contribution in [-0.2, 0) is 4.74 Å². The van der Waals surface area contributed by atoms with Gasteiger partial charge in [0, 0.05) is 17.4 Å². The molecule has 1 saturated heterocycles. The molecule has 1 aliphatic heterocycles. The van der Waals surface area contributed by atoms with Crippen molar-refractivity contribution in [2.75, 3.05) is 23.8 Å². The normalized spacial score (nSPS) is 21.3. The van der Waals surface area contributed by atoms with E-state index in [-0.39, 0.29) is 18.0 Å². The fourth-order valence-electron chi connectivity index (χ4n) is 1.47. The molecule has 0 radical (unpaired) electrons. The van der Waals surface area contributed by atoms with Gasteiger partial charge in [0.05, 0.1) is 6.61 Å². The summed E-state index contributed by atoms with van der Waals surface area (Å²) in [5, 5.41) is 0. The van der Waals surface area contributed by atoms with Gasteiger partial charge < -0.3 is 10.5 Å². The molecular formula is C10H16N4OS. The van der Waals surface area contributed by atoms with Gasteiger partial charge in [0.15, 0.2) is 5.82 Å². The van der Waals surface area contributed by atoms with Crippen molar-refractivity contribution >= 4 is 17.7 Å². The van der Waals surface area contributed by atoms with Crippen LogP contribution in [0.3, 0.4) is 0 Å². The van der Waals surface area contributed by atoms with Crippen LogP contribution < -0.4 is 5.73 Å². The van der Waals surface area contributed by atoms with Crippen molar-refractivity contribution in [1.82, 2.24) is 15.0 Å². The predicted octanol–water partition coefficient (Wildman–Crippen LogP) is 1.38. The zero-order valence-electron chi connectivity index (χ0n) is 9.51. The van der Waals surface area contributed by atoms with E-state index in [4.69, 9.17) is 10.5 Å². The van der Waals surface area contributed by atoms with Crippen LogP contribution >= 0.6 is 11.8 Å². The van der Waals surface area contributed by atoms with Crippen LogP contribution in [0, 0.1) is 0 Å². The first-order chi connectivity index (χ1) is 7.66. The molecule has 16 heavy (non-hydrogen) atoms. The highest BCUT2D eigenvalue weighted by atomic mass is 32.2. The summed E-state index contributed by atoms with van der Waals surface area (Å²) < 4.78 is 5.62. The van der Waals surface area contributed by atoms with E-state index >= 15 is 0 Å². The Morgan fingerprint density at radius 1 is 1.38 bits per heavy atom. The first-order valence-corrected chi connectivity index (χ1v) is 6.53. The lowest BCUT2D eigenvalue weighted by atomic mass is 10.2. The molecule has 1 unspecified atom stereocenters. The third-order valence-corrected chi connectivity index (χ3v) is 3.30. The van der Waals surface area contributed by atoms with Gasteiger partial charge in [-0.25, -0.2) is 4.98 Å². The molecular weight excluding hydrogens is 224 g/mol. The average Bonchev–Trinajstić information content (AvgIpc) is 2.29. The maximum Gasteiger partial charge on any atom is 0.223 e. The molecule has 0 saturated carbocycles. The molecule has 1 aliphatic rings. The molecule has 2 rings (SSSR count). The van der Waals surface area contributed by atoms with Crippen LogP contribution in [0.15, 0.2) is 0 Å². The van der Waals surface area contributed by atoms with E-state index in [1.54, 1.807) is 0 Å². The van der Waals surface area contributed by atoms with Gasteiger partial charge in [-0.3, -0.25) is 0 Å². The highest BCUT2D eigenvalue weighted by molar-refractivity contribution is 7.99. The molecule has 88 valence electrons. The monoisotopic (exact) mass is 240 g/mol. The number of hydrogen-bond acceptors (Lipinski definition) is 6. The maximum absolute atomic E-state index is 5.68. The van der Waals surface area contributed by atoms with Gasteiger partial charge in [0.25, 0.3) is 0 Å². The average molecular weight is 240 g/mol. The van der Waals surface area contributed by atoms with Crippen molar-refractivity contribution in [3.05, 3.63) is 11.6 Å². The van der Waals surface area contributed by atoms with Gasteiger partial charge >= 0.3 is 0 Å². The first-order valence-electron chi connectivity index (χ1n) is 5.37. The number of ether oxygens (including phenoxy) is 1.